The molecule has 6 heteroatoms. The number of nitrogens with two attached hydrogens (primary N) is 1. The highest BCUT2D eigenvalue weighted by atomic mass is 16.6. The maximum Gasteiger partial charge on any atom is 0.199 e. The Balaban J connectivity index is 2.46. The van der Waals surface area contributed by atoms with E-state index in [0.29, 0.717) is 18.1 Å². The first-order valence-corrected chi connectivity index (χ1v) is 8.28. The van der Waals surface area contributed by atoms with Crippen LogP contribution in [0, 0.1) is 0 Å². The maximum atomic E-state index is 5.89. The highest BCUT2D eigenvalue weighted by Gasteiger charge is 2.18. The Labute approximate surface area is 146 Å². The average molecular weight is 335 g/mol. The molecular formula is C19H21N5O. The fourth-order valence-corrected chi connectivity index (χ4v) is 2.90. The maximum absolute atomic E-state index is 5.89. The van der Waals surface area contributed by atoms with Gasteiger partial charge in [-0.25, -0.2) is 9.61 Å². The van der Waals surface area contributed by atoms with E-state index >= 15 is 0 Å². The van der Waals surface area contributed by atoms with Crippen LogP contribution in [0.1, 0.15) is 25.8 Å². The number of hydrogen-bond acceptors (Lipinski definition) is 5. The number of imidazole rings is 1. The van der Waals surface area contributed by atoms with Gasteiger partial charge in [0.2, 0.25) is 0 Å². The molecule has 3 rings (SSSR count). The van der Waals surface area contributed by atoms with Crippen LogP contribution in [0.25, 0.3) is 23.2 Å². The van der Waals surface area contributed by atoms with Crippen LogP contribution in [0.2, 0.25) is 0 Å². The smallest absolute Gasteiger partial charge is 0.199 e. The van der Waals surface area contributed by atoms with Gasteiger partial charge in [0.05, 0.1) is 10.7 Å². The van der Waals surface area contributed by atoms with Crippen LogP contribution in [0.15, 0.2) is 47.6 Å². The number of benzene rings is 1. The summed E-state index contributed by atoms with van der Waals surface area (Å²) in [7, 11) is 0. The minimum atomic E-state index is 0.231. The molecule has 2 heterocycles. The first-order chi connectivity index (χ1) is 12.2. The highest BCUT2D eigenvalue weighted by molar-refractivity contribution is 5.73. The minimum Gasteiger partial charge on any atom is -0.379 e. The molecule has 0 aliphatic heterocycles. The van der Waals surface area contributed by atoms with Gasteiger partial charge in [-0.2, -0.15) is 0 Å². The molecule has 0 unspecified atom stereocenters. The van der Waals surface area contributed by atoms with Gasteiger partial charge in [0, 0.05) is 12.1 Å². The molecule has 0 radical (unpaired) electrons. The lowest BCUT2D eigenvalue weighted by molar-refractivity contribution is 0.310. The van der Waals surface area contributed by atoms with Crippen LogP contribution in [0.4, 0.5) is 5.82 Å². The van der Waals surface area contributed by atoms with Crippen molar-refractivity contribution in [3.05, 3.63) is 59.2 Å². The molecule has 128 valence electrons. The van der Waals surface area contributed by atoms with Crippen LogP contribution in [-0.2, 0) is 6.54 Å². The zero-order chi connectivity index (χ0) is 17.8. The van der Waals surface area contributed by atoms with E-state index in [1.54, 1.807) is 0 Å². The van der Waals surface area contributed by atoms with Crippen molar-refractivity contribution in [2.45, 2.75) is 26.8 Å². The zero-order valence-electron chi connectivity index (χ0n) is 14.4. The summed E-state index contributed by atoms with van der Waals surface area (Å²) in [6, 6.07) is 10.1. The van der Waals surface area contributed by atoms with E-state index in [4.69, 9.17) is 15.3 Å². The van der Waals surface area contributed by atoms with Crippen LogP contribution in [0.3, 0.4) is 0 Å². The minimum absolute atomic E-state index is 0.231. The number of hydrogen-bond donors (Lipinski definition) is 1. The van der Waals surface area contributed by atoms with Crippen molar-refractivity contribution < 1.29 is 4.63 Å². The Morgan fingerprint density at radius 2 is 2.00 bits per heavy atom. The molecule has 0 spiro atoms. The van der Waals surface area contributed by atoms with Crippen molar-refractivity contribution in [1.29, 1.82) is 0 Å². The predicted octanol–water partition coefficient (Wildman–Crippen LogP) is 2.11. The number of aromatic nitrogens is 4. The lowest BCUT2D eigenvalue weighted by Gasteiger charge is -2.07. The van der Waals surface area contributed by atoms with Crippen molar-refractivity contribution in [2.75, 3.05) is 5.73 Å². The summed E-state index contributed by atoms with van der Waals surface area (Å²) in [5.74, 6) is 0.875. The quantitative estimate of drug-likeness (QED) is 0.772. The van der Waals surface area contributed by atoms with E-state index in [9.17, 15) is 0 Å². The number of rotatable bonds is 5. The Hall–Kier alpha value is -3.15. The largest absolute Gasteiger partial charge is 0.379 e. The van der Waals surface area contributed by atoms with Crippen molar-refractivity contribution in [3.63, 3.8) is 0 Å². The third kappa shape index (κ3) is 2.98. The lowest BCUT2D eigenvalue weighted by atomic mass is 10.1. The summed E-state index contributed by atoms with van der Waals surface area (Å²) in [6.07, 6.45) is 4.81. The van der Waals surface area contributed by atoms with Gasteiger partial charge < -0.3 is 10.3 Å². The van der Waals surface area contributed by atoms with Gasteiger partial charge in [-0.05, 0) is 29.2 Å². The fraction of sp³-hybridized carbons (Fsp3) is 0.211. The standard InChI is InChI=1S/C19H21N5O/c1-4-10-15-17(14(5-2)13-11-8-7-9-12-13)24(6-3)19(21-15)16-18(20)23-25-22-16/h5,7-12H,2,4,6H2,1,3H3,(H2,20,23)/b15-10+,17-14-. The molecule has 0 saturated heterocycles. The second-order valence-electron chi connectivity index (χ2n) is 5.51. The predicted molar refractivity (Wildman–Crippen MR) is 98.8 cm³/mol. The van der Waals surface area contributed by atoms with E-state index < -0.39 is 0 Å². The van der Waals surface area contributed by atoms with Gasteiger partial charge in [0.1, 0.15) is 0 Å². The SMILES string of the molecule is C=C/C(c1ccccc1)=c1\c(=C/CC)nc(-c2nonc2N)n1CC. The molecule has 3 aromatic rings. The molecule has 0 bridgehead atoms. The number of nitrogens with zero attached hydrogens (tertiary/aromatic N) is 4. The Morgan fingerprint density at radius 1 is 1.24 bits per heavy atom. The van der Waals surface area contributed by atoms with Crippen LogP contribution < -0.4 is 16.4 Å². The molecule has 1 aromatic carbocycles. The zero-order valence-corrected chi connectivity index (χ0v) is 14.4. The van der Waals surface area contributed by atoms with E-state index in [-0.39, 0.29) is 5.82 Å². The first-order valence-electron chi connectivity index (χ1n) is 8.28. The first kappa shape index (κ1) is 16.7. The highest BCUT2D eigenvalue weighted by Crippen LogP contribution is 2.19. The van der Waals surface area contributed by atoms with E-state index in [1.165, 1.54) is 0 Å². The Kier molecular flexibility index (Phi) is 4.79. The monoisotopic (exact) mass is 335 g/mol. The molecule has 0 amide bonds. The number of anilines is 1. The molecule has 0 atom stereocenters. The van der Waals surface area contributed by atoms with Crippen molar-refractivity contribution in [3.8, 4) is 11.5 Å². The van der Waals surface area contributed by atoms with Gasteiger partial charge >= 0.3 is 0 Å². The second kappa shape index (κ2) is 7.17. The summed E-state index contributed by atoms with van der Waals surface area (Å²) >= 11 is 0. The van der Waals surface area contributed by atoms with Gasteiger partial charge in [-0.15, -0.1) is 0 Å². The van der Waals surface area contributed by atoms with E-state index in [0.717, 1.165) is 28.3 Å². The van der Waals surface area contributed by atoms with Crippen molar-refractivity contribution in [1.82, 2.24) is 19.9 Å². The van der Waals surface area contributed by atoms with Crippen LogP contribution in [0.5, 0.6) is 0 Å². The van der Waals surface area contributed by atoms with Crippen molar-refractivity contribution >= 4 is 17.5 Å². The Bertz CT molecular complexity index is 998. The van der Waals surface area contributed by atoms with Gasteiger partial charge in [0.25, 0.3) is 0 Å². The molecule has 0 saturated carbocycles. The summed E-state index contributed by atoms with van der Waals surface area (Å²) in [6.45, 7) is 8.85. The molecule has 0 fully saturated rings. The topological polar surface area (TPSA) is 82.8 Å². The summed E-state index contributed by atoms with van der Waals surface area (Å²) in [5, 5.41) is 9.47. The summed E-state index contributed by atoms with van der Waals surface area (Å²) in [5.41, 5.74) is 8.43. The normalized spacial score (nSPS) is 13.1. The Morgan fingerprint density at radius 3 is 2.56 bits per heavy atom. The van der Waals surface area contributed by atoms with Crippen LogP contribution in [-0.4, -0.2) is 19.9 Å². The third-order valence-electron chi connectivity index (χ3n) is 3.98. The summed E-state index contributed by atoms with van der Waals surface area (Å²) in [4.78, 5) is 4.76. The number of nitrogen functional groups attached to an aromatic ring is 1. The second-order valence-corrected chi connectivity index (χ2v) is 5.51. The lowest BCUT2D eigenvalue weighted by Crippen LogP contribution is -2.32. The molecule has 25 heavy (non-hydrogen) atoms. The van der Waals surface area contributed by atoms with E-state index in [2.05, 4.69) is 53.5 Å². The van der Waals surface area contributed by atoms with Crippen molar-refractivity contribution in [2.24, 2.45) is 0 Å². The average Bonchev–Trinajstić information content (AvgIpc) is 3.20. The molecule has 6 nitrogen and oxygen atoms in total. The fourth-order valence-electron chi connectivity index (χ4n) is 2.90. The summed E-state index contributed by atoms with van der Waals surface area (Å²) < 4.78 is 6.84. The number of allylic oxidation sites excluding steroid dienone is 1. The molecule has 0 aliphatic rings. The third-order valence-corrected chi connectivity index (χ3v) is 3.98. The molecule has 2 aromatic heterocycles. The van der Waals surface area contributed by atoms with Crippen LogP contribution >= 0.6 is 0 Å². The molecule has 2 N–H and O–H groups in total. The molecule has 0 aliphatic carbocycles. The van der Waals surface area contributed by atoms with E-state index in [1.807, 2.05) is 24.3 Å². The molecular weight excluding hydrogens is 314 g/mol. The van der Waals surface area contributed by atoms with Gasteiger partial charge in [-0.3, -0.25) is 0 Å². The van der Waals surface area contributed by atoms with Gasteiger partial charge in [0.15, 0.2) is 17.3 Å². The van der Waals surface area contributed by atoms with Gasteiger partial charge in [-0.1, -0.05) is 56.0 Å².